The molecule has 0 N–H and O–H groups in total. The van der Waals surface area contributed by atoms with Gasteiger partial charge in [0.15, 0.2) is 0 Å². The Hall–Kier alpha value is 1.66. The summed E-state index contributed by atoms with van der Waals surface area (Å²) in [4.78, 5) is 11.2. The van der Waals surface area contributed by atoms with E-state index in [0.29, 0.717) is 12.5 Å². The molecule has 0 rings (SSSR count). The maximum Gasteiger partial charge on any atom is 0.305 e. The van der Waals surface area contributed by atoms with Crippen LogP contribution in [-0.4, -0.2) is 12.0 Å². The molecule has 0 saturated heterocycles. The van der Waals surface area contributed by atoms with Gasteiger partial charge in [-0.1, -0.05) is 151 Å². The molecule has 0 radical (unpaired) electrons. The van der Waals surface area contributed by atoms with Crippen LogP contribution in [0, 0.1) is 0 Å². The fourth-order valence-electron chi connectivity index (χ4n) is 2.95. The third kappa shape index (κ3) is 23.6. The molecule has 0 aliphatic heterocycles. The Balaban J connectivity index is 3.09. The number of carbonyl (C=O) groups is 1. The maximum atomic E-state index is 11.2. The minimum absolute atomic E-state index is 0.0318. The monoisotopic (exact) mass is 690 g/mol. The summed E-state index contributed by atoms with van der Waals surface area (Å²) in [5, 5.41) is 0. The van der Waals surface area contributed by atoms with E-state index in [9.17, 15) is 4.79 Å². The molecule has 0 aliphatic carbocycles. The first-order valence-corrected chi connectivity index (χ1v) is 13.4. The Kier molecular flexibility index (Phi) is 20.3. The van der Waals surface area contributed by atoms with Gasteiger partial charge in [0, 0.05) is 6.42 Å². The number of rotatable bonds is 18. The lowest BCUT2D eigenvalue weighted by atomic mass is 10.0. The van der Waals surface area contributed by atoms with Crippen molar-refractivity contribution in [2.24, 2.45) is 0 Å². The van der Waals surface area contributed by atoms with Gasteiger partial charge < -0.3 is 4.74 Å². The van der Waals surface area contributed by atoms with Gasteiger partial charge >= 0.3 is 5.97 Å². The fraction of sp³-hybridized carbons (Fsp3) is 0.950. The standard InChI is InChI=1S/C20H37I3O2/c1-2-25-19(24)17-15-13-11-9-7-5-3-4-6-8-10-12-14-16-18-20(21,22)23/h2-18H2,1H3. The molecule has 25 heavy (non-hydrogen) atoms. The summed E-state index contributed by atoms with van der Waals surface area (Å²) in [6, 6.07) is 0. The second kappa shape index (κ2) is 19.0. The fourth-order valence-corrected chi connectivity index (χ4v) is 4.09. The Morgan fingerprint density at radius 1 is 0.680 bits per heavy atom. The van der Waals surface area contributed by atoms with Gasteiger partial charge in [-0.05, 0) is 19.8 Å². The predicted molar refractivity (Wildman–Crippen MR) is 135 cm³/mol. The van der Waals surface area contributed by atoms with Crippen LogP contribution < -0.4 is 0 Å². The van der Waals surface area contributed by atoms with Crippen LogP contribution in [0.1, 0.15) is 110 Å². The van der Waals surface area contributed by atoms with Crippen molar-refractivity contribution in [1.29, 1.82) is 0 Å². The van der Waals surface area contributed by atoms with Crippen molar-refractivity contribution >= 4 is 73.7 Å². The van der Waals surface area contributed by atoms with E-state index < -0.39 is 0 Å². The van der Waals surface area contributed by atoms with Crippen LogP contribution in [0.25, 0.3) is 0 Å². The van der Waals surface area contributed by atoms with Crippen LogP contribution in [-0.2, 0) is 9.53 Å². The third-order valence-electron chi connectivity index (χ3n) is 4.40. The molecular formula is C20H37I3O2. The minimum atomic E-state index is -0.0318. The molecule has 0 saturated carbocycles. The number of ether oxygens (including phenoxy) is 1. The van der Waals surface area contributed by atoms with Gasteiger partial charge in [0.1, 0.15) is -0.565 Å². The lowest BCUT2D eigenvalue weighted by Crippen LogP contribution is -2.03. The van der Waals surface area contributed by atoms with E-state index in [1.165, 1.54) is 89.9 Å². The minimum Gasteiger partial charge on any atom is -0.466 e. The molecule has 0 aromatic carbocycles. The molecule has 0 fully saturated rings. The van der Waals surface area contributed by atoms with E-state index >= 15 is 0 Å². The number of carbonyl (C=O) groups excluding carboxylic acids is 1. The van der Waals surface area contributed by atoms with Gasteiger partial charge in [-0.25, -0.2) is 0 Å². The Morgan fingerprint density at radius 2 is 1.04 bits per heavy atom. The van der Waals surface area contributed by atoms with E-state index in [0.717, 1.165) is 6.42 Å². The highest BCUT2D eigenvalue weighted by molar-refractivity contribution is 14.3. The number of halogens is 3. The summed E-state index contributed by atoms with van der Waals surface area (Å²) < 4.78 is 5.36. The van der Waals surface area contributed by atoms with E-state index in [1.807, 2.05) is 6.92 Å². The van der Waals surface area contributed by atoms with Crippen molar-refractivity contribution in [1.82, 2.24) is 0 Å². The molecule has 0 bridgehead atoms. The zero-order valence-electron chi connectivity index (χ0n) is 16.0. The smallest absolute Gasteiger partial charge is 0.305 e. The molecular weight excluding hydrogens is 653 g/mol. The highest BCUT2D eigenvalue weighted by atomic mass is 127. The zero-order valence-corrected chi connectivity index (χ0v) is 22.4. The second-order valence-electron chi connectivity index (χ2n) is 6.87. The molecule has 0 heterocycles. The van der Waals surface area contributed by atoms with Crippen molar-refractivity contribution < 1.29 is 9.53 Å². The molecule has 5 heteroatoms. The zero-order chi connectivity index (χ0) is 18.8. The summed E-state index contributed by atoms with van der Waals surface area (Å²) >= 11 is 7.61. The first-order chi connectivity index (χ1) is 12.0. The van der Waals surface area contributed by atoms with Crippen molar-refractivity contribution in [3.8, 4) is 0 Å². The number of hydrogen-bond acceptors (Lipinski definition) is 2. The SMILES string of the molecule is CCOC(=O)CCCCCCCCCCCCCCCCC(I)(I)I. The van der Waals surface area contributed by atoms with Crippen molar-refractivity contribution in [3.63, 3.8) is 0 Å². The van der Waals surface area contributed by atoms with Crippen LogP contribution in [0.4, 0.5) is 0 Å². The lowest BCUT2D eigenvalue weighted by molar-refractivity contribution is -0.143. The molecule has 0 aromatic heterocycles. The molecule has 0 amide bonds. The number of alkyl halides is 3. The molecule has 0 unspecified atom stereocenters. The lowest BCUT2D eigenvalue weighted by Gasteiger charge is -2.11. The van der Waals surface area contributed by atoms with Gasteiger partial charge in [-0.15, -0.1) is 0 Å². The van der Waals surface area contributed by atoms with Crippen LogP contribution in [0.5, 0.6) is 0 Å². The summed E-state index contributed by atoms with van der Waals surface area (Å²) in [5.74, 6) is -0.0318. The Bertz CT molecular complexity index is 304. The van der Waals surface area contributed by atoms with Crippen LogP contribution >= 0.6 is 67.8 Å². The van der Waals surface area contributed by atoms with Crippen molar-refractivity contribution in [2.45, 2.75) is 109 Å². The van der Waals surface area contributed by atoms with Crippen LogP contribution in [0.15, 0.2) is 0 Å². The summed E-state index contributed by atoms with van der Waals surface area (Å²) in [6.45, 7) is 2.38. The molecule has 0 spiro atoms. The number of hydrogen-bond donors (Lipinski definition) is 0. The van der Waals surface area contributed by atoms with Crippen molar-refractivity contribution in [3.05, 3.63) is 0 Å². The van der Waals surface area contributed by atoms with Crippen molar-refractivity contribution in [2.75, 3.05) is 6.61 Å². The summed E-state index contributed by atoms with van der Waals surface area (Å²) in [5.41, 5.74) is 0. The van der Waals surface area contributed by atoms with E-state index in [4.69, 9.17) is 4.74 Å². The summed E-state index contributed by atoms with van der Waals surface area (Å²) in [7, 11) is 0. The van der Waals surface area contributed by atoms with Gasteiger partial charge in [-0.2, -0.15) is 0 Å². The number of unbranched alkanes of at least 4 members (excludes halogenated alkanes) is 13. The normalized spacial score (nSPS) is 11.7. The first-order valence-electron chi connectivity index (χ1n) is 10.2. The van der Waals surface area contributed by atoms with E-state index in [2.05, 4.69) is 67.8 Å². The Morgan fingerprint density at radius 3 is 1.40 bits per heavy atom. The molecule has 0 aromatic rings. The second-order valence-corrected chi connectivity index (χ2v) is 18.6. The maximum absolute atomic E-state index is 11.2. The van der Waals surface area contributed by atoms with Crippen LogP contribution in [0.2, 0.25) is 0 Å². The van der Waals surface area contributed by atoms with E-state index in [1.54, 1.807) is 0 Å². The van der Waals surface area contributed by atoms with Gasteiger partial charge in [0.2, 0.25) is 0 Å². The molecule has 0 atom stereocenters. The van der Waals surface area contributed by atoms with Gasteiger partial charge in [0.05, 0.1) is 6.61 Å². The Labute approximate surface area is 197 Å². The predicted octanol–water partition coefficient (Wildman–Crippen LogP) is 8.75. The highest BCUT2D eigenvalue weighted by Crippen LogP contribution is 2.40. The summed E-state index contributed by atoms with van der Waals surface area (Å²) in [6.07, 6.45) is 20.8. The molecule has 150 valence electrons. The first kappa shape index (κ1) is 26.7. The molecule has 2 nitrogen and oxygen atoms in total. The largest absolute Gasteiger partial charge is 0.466 e. The van der Waals surface area contributed by atoms with Crippen LogP contribution in [0.3, 0.4) is 0 Å². The quantitative estimate of drug-likeness (QED) is 0.0623. The number of esters is 1. The average molecular weight is 690 g/mol. The van der Waals surface area contributed by atoms with E-state index in [-0.39, 0.29) is 5.97 Å². The van der Waals surface area contributed by atoms with Gasteiger partial charge in [-0.3, -0.25) is 4.79 Å². The topological polar surface area (TPSA) is 26.3 Å². The average Bonchev–Trinajstić information content (AvgIpc) is 2.53. The third-order valence-corrected chi connectivity index (χ3v) is 6.01. The highest BCUT2D eigenvalue weighted by Gasteiger charge is 2.15. The molecule has 0 aliphatic rings. The van der Waals surface area contributed by atoms with Gasteiger partial charge in [0.25, 0.3) is 0 Å².